The molecule has 0 spiro atoms. The Morgan fingerprint density at radius 1 is 1.53 bits per heavy atom. The highest BCUT2D eigenvalue weighted by Crippen LogP contribution is 2.31. The molecule has 0 unspecified atom stereocenters. The van der Waals surface area contributed by atoms with Gasteiger partial charge in [-0.05, 0) is 34.2 Å². The number of halogens is 5. The molecule has 1 aromatic rings. The van der Waals surface area contributed by atoms with Crippen molar-refractivity contribution in [3.05, 3.63) is 15.3 Å². The molecular weight excluding hydrogens is 377 g/mol. The third-order valence-corrected chi connectivity index (χ3v) is 2.48. The SMILES string of the molecule is COc1cc(I)c(OC(F)(F)F)nc1C(=O)Cl. The summed E-state index contributed by atoms with van der Waals surface area (Å²) in [6, 6.07) is 1.17. The molecule has 0 saturated carbocycles. The Kier molecular flexibility index (Phi) is 4.42. The maximum atomic E-state index is 12.0. The van der Waals surface area contributed by atoms with Crippen molar-refractivity contribution in [2.24, 2.45) is 0 Å². The molecule has 1 rings (SSSR count). The molecule has 0 bridgehead atoms. The molecule has 94 valence electrons. The van der Waals surface area contributed by atoms with E-state index in [4.69, 9.17) is 16.3 Å². The van der Waals surface area contributed by atoms with E-state index in [1.165, 1.54) is 13.2 Å². The highest BCUT2D eigenvalue weighted by molar-refractivity contribution is 14.1. The molecule has 0 fully saturated rings. The number of nitrogens with zero attached hydrogens (tertiary/aromatic N) is 1. The van der Waals surface area contributed by atoms with Gasteiger partial charge in [0.05, 0.1) is 10.7 Å². The Morgan fingerprint density at radius 3 is 2.53 bits per heavy atom. The number of carbonyl (C=O) groups is 1. The van der Waals surface area contributed by atoms with Crippen LogP contribution in [-0.4, -0.2) is 23.7 Å². The lowest BCUT2D eigenvalue weighted by atomic mass is 10.3. The summed E-state index contributed by atoms with van der Waals surface area (Å²) < 4.78 is 44.5. The lowest BCUT2D eigenvalue weighted by Crippen LogP contribution is -2.19. The van der Waals surface area contributed by atoms with Crippen LogP contribution in [0.15, 0.2) is 6.07 Å². The van der Waals surface area contributed by atoms with Gasteiger partial charge in [0.1, 0.15) is 0 Å². The number of methoxy groups -OCH3 is 1. The fraction of sp³-hybridized carbons (Fsp3) is 0.250. The van der Waals surface area contributed by atoms with Crippen LogP contribution in [0.5, 0.6) is 11.6 Å². The average Bonchev–Trinajstić information content (AvgIpc) is 2.18. The van der Waals surface area contributed by atoms with Crippen molar-refractivity contribution in [1.82, 2.24) is 4.98 Å². The number of hydrogen-bond acceptors (Lipinski definition) is 4. The van der Waals surface area contributed by atoms with Gasteiger partial charge in [0.15, 0.2) is 11.4 Å². The van der Waals surface area contributed by atoms with Crippen LogP contribution in [0.1, 0.15) is 10.5 Å². The first-order valence-corrected chi connectivity index (χ1v) is 5.40. The molecule has 9 heteroatoms. The number of ether oxygens (including phenoxy) is 2. The second kappa shape index (κ2) is 5.25. The van der Waals surface area contributed by atoms with Crippen LogP contribution in [-0.2, 0) is 0 Å². The van der Waals surface area contributed by atoms with Gasteiger partial charge in [0.2, 0.25) is 5.88 Å². The Bertz CT molecular complexity index is 452. The molecule has 0 aliphatic rings. The topological polar surface area (TPSA) is 48.4 Å². The van der Waals surface area contributed by atoms with E-state index in [0.717, 1.165) is 0 Å². The first kappa shape index (κ1) is 14.3. The standard InChI is InChI=1S/C8H4ClF3INO3/c1-16-4-2-3(13)7(17-8(10,11)12)14-5(4)6(9)15/h2H,1H3. The zero-order chi connectivity index (χ0) is 13.2. The van der Waals surface area contributed by atoms with Gasteiger partial charge in [0, 0.05) is 6.07 Å². The number of carbonyl (C=O) groups excluding carboxylic acids is 1. The summed E-state index contributed by atoms with van der Waals surface area (Å²) >= 11 is 6.73. The fourth-order valence-electron chi connectivity index (χ4n) is 0.933. The maximum absolute atomic E-state index is 12.0. The summed E-state index contributed by atoms with van der Waals surface area (Å²) in [7, 11) is 1.24. The Morgan fingerprint density at radius 2 is 2.12 bits per heavy atom. The van der Waals surface area contributed by atoms with E-state index in [-0.39, 0.29) is 9.32 Å². The Labute approximate surface area is 112 Å². The summed E-state index contributed by atoms with van der Waals surface area (Å²) in [5.74, 6) is -0.771. The molecule has 0 aromatic carbocycles. The lowest BCUT2D eigenvalue weighted by molar-refractivity contribution is -0.276. The third kappa shape index (κ3) is 3.87. The minimum Gasteiger partial charge on any atom is -0.494 e. The summed E-state index contributed by atoms with van der Waals surface area (Å²) in [5, 5.41) is -1.04. The van der Waals surface area contributed by atoms with Crippen molar-refractivity contribution in [3.8, 4) is 11.6 Å². The number of pyridine rings is 1. The van der Waals surface area contributed by atoms with Crippen LogP contribution >= 0.6 is 34.2 Å². The minimum atomic E-state index is -4.89. The molecule has 0 atom stereocenters. The van der Waals surface area contributed by atoms with Gasteiger partial charge < -0.3 is 9.47 Å². The van der Waals surface area contributed by atoms with Crippen LogP contribution in [0.25, 0.3) is 0 Å². The van der Waals surface area contributed by atoms with Gasteiger partial charge in [0.25, 0.3) is 5.24 Å². The smallest absolute Gasteiger partial charge is 0.494 e. The van der Waals surface area contributed by atoms with E-state index < -0.39 is 23.2 Å². The number of alkyl halides is 3. The van der Waals surface area contributed by atoms with E-state index in [1.807, 2.05) is 0 Å². The van der Waals surface area contributed by atoms with E-state index in [0.29, 0.717) is 0 Å². The summed E-state index contributed by atoms with van der Waals surface area (Å²) in [4.78, 5) is 14.3. The predicted molar refractivity (Wildman–Crippen MR) is 60.4 cm³/mol. The van der Waals surface area contributed by atoms with Crippen LogP contribution < -0.4 is 9.47 Å². The van der Waals surface area contributed by atoms with Gasteiger partial charge in [-0.25, -0.2) is 4.98 Å². The van der Waals surface area contributed by atoms with Crippen LogP contribution in [0.2, 0.25) is 0 Å². The van der Waals surface area contributed by atoms with Gasteiger partial charge in [-0.3, -0.25) is 4.79 Å². The van der Waals surface area contributed by atoms with Crippen molar-refractivity contribution in [3.63, 3.8) is 0 Å². The Balaban J connectivity index is 3.25. The van der Waals surface area contributed by atoms with Crippen molar-refractivity contribution >= 4 is 39.4 Å². The summed E-state index contributed by atoms with van der Waals surface area (Å²) in [6.45, 7) is 0. The molecule has 4 nitrogen and oxygen atoms in total. The van der Waals surface area contributed by atoms with Gasteiger partial charge in [-0.2, -0.15) is 0 Å². The molecule has 0 aliphatic carbocycles. The molecule has 0 amide bonds. The van der Waals surface area contributed by atoms with Crippen LogP contribution in [0.4, 0.5) is 13.2 Å². The largest absolute Gasteiger partial charge is 0.574 e. The summed E-state index contributed by atoms with van der Waals surface area (Å²) in [6.07, 6.45) is -4.89. The molecule has 17 heavy (non-hydrogen) atoms. The van der Waals surface area contributed by atoms with Crippen LogP contribution in [0, 0.1) is 3.57 Å². The molecule has 0 N–H and O–H groups in total. The van der Waals surface area contributed by atoms with Gasteiger partial charge >= 0.3 is 6.36 Å². The van der Waals surface area contributed by atoms with Crippen LogP contribution in [0.3, 0.4) is 0 Å². The van der Waals surface area contributed by atoms with Crippen molar-refractivity contribution in [2.45, 2.75) is 6.36 Å². The van der Waals surface area contributed by atoms with E-state index in [1.54, 1.807) is 22.6 Å². The van der Waals surface area contributed by atoms with Crippen molar-refractivity contribution in [2.75, 3.05) is 7.11 Å². The van der Waals surface area contributed by atoms with E-state index in [9.17, 15) is 18.0 Å². The second-order valence-electron chi connectivity index (χ2n) is 2.65. The molecule has 1 aromatic heterocycles. The molecule has 1 heterocycles. The normalized spacial score (nSPS) is 11.2. The monoisotopic (exact) mass is 381 g/mol. The van der Waals surface area contributed by atoms with Gasteiger partial charge in [-0.1, -0.05) is 0 Å². The Hall–Kier alpha value is -0.770. The molecule has 0 radical (unpaired) electrons. The summed E-state index contributed by atoms with van der Waals surface area (Å²) in [5.41, 5.74) is -0.436. The third-order valence-electron chi connectivity index (χ3n) is 1.53. The van der Waals surface area contributed by atoms with Gasteiger partial charge in [-0.15, -0.1) is 13.2 Å². The molecular formula is C8H4ClF3INO3. The number of rotatable bonds is 3. The van der Waals surface area contributed by atoms with E-state index >= 15 is 0 Å². The first-order chi connectivity index (χ1) is 7.74. The zero-order valence-corrected chi connectivity index (χ0v) is 11.1. The quantitative estimate of drug-likeness (QED) is 0.597. The second-order valence-corrected chi connectivity index (χ2v) is 4.15. The van der Waals surface area contributed by atoms with Crippen molar-refractivity contribution < 1.29 is 27.4 Å². The minimum absolute atomic E-state index is 0.0241. The lowest BCUT2D eigenvalue weighted by Gasteiger charge is -2.12. The zero-order valence-electron chi connectivity index (χ0n) is 8.14. The highest BCUT2D eigenvalue weighted by atomic mass is 127. The number of aromatic nitrogens is 1. The first-order valence-electron chi connectivity index (χ1n) is 3.94. The molecule has 0 saturated heterocycles. The average molecular weight is 381 g/mol. The maximum Gasteiger partial charge on any atom is 0.574 e. The predicted octanol–water partition coefficient (Wildman–Crippen LogP) is 2.97. The fourth-order valence-corrected chi connectivity index (χ4v) is 1.58. The van der Waals surface area contributed by atoms with E-state index in [2.05, 4.69) is 9.72 Å². The van der Waals surface area contributed by atoms with Crippen molar-refractivity contribution in [1.29, 1.82) is 0 Å². The number of hydrogen-bond donors (Lipinski definition) is 0. The highest BCUT2D eigenvalue weighted by Gasteiger charge is 2.33. The molecule has 0 aliphatic heterocycles.